The van der Waals surface area contributed by atoms with Crippen molar-refractivity contribution < 1.29 is 19.4 Å². The van der Waals surface area contributed by atoms with Gasteiger partial charge in [-0.15, -0.1) is 0 Å². The first-order chi connectivity index (χ1) is 10.6. The second kappa shape index (κ2) is 5.73. The molecule has 0 amide bonds. The number of fused-ring (bicyclic) bond motifs is 2. The van der Waals surface area contributed by atoms with Crippen molar-refractivity contribution in [2.24, 2.45) is 0 Å². The molecule has 1 aliphatic rings. The number of carbonyl (C=O) groups is 2. The summed E-state index contributed by atoms with van der Waals surface area (Å²) in [4.78, 5) is 24.6. The number of nitrogens with one attached hydrogen (secondary N) is 1. The fraction of sp³-hybridized carbons (Fsp3) is 0.125. The Morgan fingerprint density at radius 3 is 2.64 bits per heavy atom. The molecule has 2 aromatic rings. The molecule has 3 rings (SSSR count). The van der Waals surface area contributed by atoms with Crippen LogP contribution in [0.4, 0.5) is 5.69 Å². The first kappa shape index (κ1) is 14.5. The standard InChI is InChI=1S/C16H13NO4S/c1-21-16(20)10-2-3-11-8-17-12-6-9(15(18)19)4-5-13(12)22-14(11)7-10/h2-7,17H,8H2,1H3,(H,18,19). The number of aromatic carboxylic acids is 1. The van der Waals surface area contributed by atoms with Crippen molar-refractivity contribution in [3.63, 3.8) is 0 Å². The molecule has 2 N–H and O–H groups in total. The predicted molar refractivity (Wildman–Crippen MR) is 82.6 cm³/mol. The number of carboxylic acid groups (broad SMARTS) is 1. The van der Waals surface area contributed by atoms with E-state index < -0.39 is 5.97 Å². The van der Waals surface area contributed by atoms with Crippen LogP contribution < -0.4 is 5.32 Å². The van der Waals surface area contributed by atoms with E-state index in [-0.39, 0.29) is 11.5 Å². The number of esters is 1. The van der Waals surface area contributed by atoms with E-state index in [1.54, 1.807) is 30.3 Å². The molecule has 0 saturated heterocycles. The Morgan fingerprint density at radius 2 is 1.91 bits per heavy atom. The molecule has 1 aliphatic heterocycles. The lowest BCUT2D eigenvalue weighted by molar-refractivity contribution is 0.0599. The summed E-state index contributed by atoms with van der Waals surface area (Å²) in [5, 5.41) is 12.3. The Balaban J connectivity index is 1.99. The Labute approximate surface area is 131 Å². The van der Waals surface area contributed by atoms with Crippen LogP contribution in [0.25, 0.3) is 0 Å². The lowest BCUT2D eigenvalue weighted by Crippen LogP contribution is -2.04. The van der Waals surface area contributed by atoms with Gasteiger partial charge in [0.2, 0.25) is 0 Å². The van der Waals surface area contributed by atoms with Crippen molar-refractivity contribution in [3.05, 3.63) is 53.1 Å². The number of carbonyl (C=O) groups excluding carboxylic acids is 1. The number of rotatable bonds is 2. The molecule has 0 radical (unpaired) electrons. The molecule has 2 aromatic carbocycles. The molecule has 0 atom stereocenters. The molecule has 0 spiro atoms. The number of methoxy groups -OCH3 is 1. The summed E-state index contributed by atoms with van der Waals surface area (Å²) in [6.07, 6.45) is 0. The quantitative estimate of drug-likeness (QED) is 0.829. The number of hydrogen-bond acceptors (Lipinski definition) is 5. The van der Waals surface area contributed by atoms with Crippen LogP contribution in [0.2, 0.25) is 0 Å². The van der Waals surface area contributed by atoms with Crippen LogP contribution in [-0.2, 0) is 11.3 Å². The van der Waals surface area contributed by atoms with Gasteiger partial charge in [-0.05, 0) is 35.9 Å². The van der Waals surface area contributed by atoms with E-state index in [0.717, 1.165) is 21.0 Å². The van der Waals surface area contributed by atoms with Crippen LogP contribution in [0.5, 0.6) is 0 Å². The molecular weight excluding hydrogens is 302 g/mol. The van der Waals surface area contributed by atoms with Gasteiger partial charge in [0, 0.05) is 22.0 Å². The summed E-state index contributed by atoms with van der Waals surface area (Å²) in [7, 11) is 1.35. The summed E-state index contributed by atoms with van der Waals surface area (Å²) >= 11 is 1.50. The molecule has 0 unspecified atom stereocenters. The van der Waals surface area contributed by atoms with Gasteiger partial charge in [0.25, 0.3) is 0 Å². The van der Waals surface area contributed by atoms with Gasteiger partial charge < -0.3 is 15.2 Å². The maximum absolute atomic E-state index is 11.6. The van der Waals surface area contributed by atoms with Gasteiger partial charge in [0.15, 0.2) is 0 Å². The normalized spacial score (nSPS) is 12.4. The average molecular weight is 315 g/mol. The third kappa shape index (κ3) is 2.65. The number of benzene rings is 2. The van der Waals surface area contributed by atoms with Gasteiger partial charge in [-0.2, -0.15) is 0 Å². The molecular formula is C16H13NO4S. The molecule has 0 saturated carbocycles. The summed E-state index contributed by atoms with van der Waals surface area (Å²) in [6.45, 7) is 0.569. The first-order valence-electron chi connectivity index (χ1n) is 6.59. The molecule has 0 aliphatic carbocycles. The van der Waals surface area contributed by atoms with Crippen molar-refractivity contribution in [3.8, 4) is 0 Å². The summed E-state index contributed by atoms with van der Waals surface area (Å²) < 4.78 is 4.74. The number of anilines is 1. The van der Waals surface area contributed by atoms with Crippen molar-refractivity contribution in [2.45, 2.75) is 16.3 Å². The summed E-state index contributed by atoms with van der Waals surface area (Å²) in [5.41, 5.74) is 2.57. The minimum absolute atomic E-state index is 0.244. The van der Waals surface area contributed by atoms with E-state index in [0.29, 0.717) is 12.1 Å². The highest BCUT2D eigenvalue weighted by molar-refractivity contribution is 7.99. The van der Waals surface area contributed by atoms with E-state index >= 15 is 0 Å². The third-order valence-electron chi connectivity index (χ3n) is 3.40. The van der Waals surface area contributed by atoms with E-state index in [2.05, 4.69) is 5.32 Å². The molecule has 0 fully saturated rings. The summed E-state index contributed by atoms with van der Waals surface area (Å²) in [6, 6.07) is 10.4. The minimum Gasteiger partial charge on any atom is -0.478 e. The Hall–Kier alpha value is -2.47. The Bertz CT molecular complexity index is 773. The first-order valence-corrected chi connectivity index (χ1v) is 7.40. The highest BCUT2D eigenvalue weighted by atomic mass is 32.2. The zero-order chi connectivity index (χ0) is 15.7. The molecule has 6 heteroatoms. The number of hydrogen-bond donors (Lipinski definition) is 2. The molecule has 22 heavy (non-hydrogen) atoms. The van der Waals surface area contributed by atoms with Gasteiger partial charge in [-0.3, -0.25) is 0 Å². The van der Waals surface area contributed by atoms with Crippen molar-refractivity contribution in [1.82, 2.24) is 0 Å². The van der Waals surface area contributed by atoms with Crippen molar-refractivity contribution in [2.75, 3.05) is 12.4 Å². The third-order valence-corrected chi connectivity index (χ3v) is 4.58. The predicted octanol–water partition coefficient (Wildman–Crippen LogP) is 3.25. The second-order valence-corrected chi connectivity index (χ2v) is 5.87. The number of carboxylic acids is 1. The SMILES string of the molecule is COC(=O)c1ccc2c(c1)Sc1ccc(C(=O)O)cc1NC2. The van der Waals surface area contributed by atoms with Crippen LogP contribution in [0.15, 0.2) is 46.2 Å². The minimum atomic E-state index is -0.954. The van der Waals surface area contributed by atoms with E-state index in [1.165, 1.54) is 18.9 Å². The maximum Gasteiger partial charge on any atom is 0.337 e. The van der Waals surface area contributed by atoms with E-state index in [9.17, 15) is 9.59 Å². The number of ether oxygens (including phenoxy) is 1. The van der Waals surface area contributed by atoms with Crippen molar-refractivity contribution >= 4 is 29.4 Å². The van der Waals surface area contributed by atoms with Crippen LogP contribution >= 0.6 is 11.8 Å². The zero-order valence-corrected chi connectivity index (χ0v) is 12.6. The zero-order valence-electron chi connectivity index (χ0n) is 11.8. The molecule has 0 bridgehead atoms. The molecule has 1 heterocycles. The highest BCUT2D eigenvalue weighted by Gasteiger charge is 2.17. The van der Waals surface area contributed by atoms with E-state index in [4.69, 9.17) is 9.84 Å². The fourth-order valence-corrected chi connectivity index (χ4v) is 3.31. The average Bonchev–Trinajstić information content (AvgIpc) is 2.71. The monoisotopic (exact) mass is 315 g/mol. The smallest absolute Gasteiger partial charge is 0.337 e. The largest absolute Gasteiger partial charge is 0.478 e. The van der Waals surface area contributed by atoms with Gasteiger partial charge in [-0.25, -0.2) is 9.59 Å². The highest BCUT2D eigenvalue weighted by Crippen LogP contribution is 2.39. The molecule has 0 aromatic heterocycles. The topological polar surface area (TPSA) is 75.6 Å². The fourth-order valence-electron chi connectivity index (χ4n) is 2.24. The Kier molecular flexibility index (Phi) is 3.77. The van der Waals surface area contributed by atoms with Crippen LogP contribution in [0, 0.1) is 0 Å². The maximum atomic E-state index is 11.6. The second-order valence-electron chi connectivity index (χ2n) is 4.79. The molecule has 112 valence electrons. The Morgan fingerprint density at radius 1 is 1.14 bits per heavy atom. The van der Waals surface area contributed by atoms with Crippen LogP contribution in [-0.4, -0.2) is 24.2 Å². The van der Waals surface area contributed by atoms with Gasteiger partial charge >= 0.3 is 11.9 Å². The van der Waals surface area contributed by atoms with Crippen molar-refractivity contribution in [1.29, 1.82) is 0 Å². The lowest BCUT2D eigenvalue weighted by atomic mass is 10.1. The van der Waals surface area contributed by atoms with Gasteiger partial charge in [0.05, 0.1) is 18.2 Å². The van der Waals surface area contributed by atoms with Crippen LogP contribution in [0.1, 0.15) is 26.3 Å². The van der Waals surface area contributed by atoms with Gasteiger partial charge in [0.1, 0.15) is 0 Å². The van der Waals surface area contributed by atoms with Gasteiger partial charge in [-0.1, -0.05) is 17.8 Å². The van der Waals surface area contributed by atoms with E-state index in [1.807, 2.05) is 6.07 Å². The van der Waals surface area contributed by atoms with Crippen LogP contribution in [0.3, 0.4) is 0 Å². The lowest BCUT2D eigenvalue weighted by Gasteiger charge is -2.07. The summed E-state index contributed by atoms with van der Waals surface area (Å²) in [5.74, 6) is -1.33. The molecule has 5 nitrogen and oxygen atoms in total.